The van der Waals surface area contributed by atoms with E-state index < -0.39 is 0 Å². The molecule has 2 heterocycles. The molecule has 1 aliphatic heterocycles. The molecule has 1 aromatic rings. The number of hydrogen-bond acceptors (Lipinski definition) is 4. The van der Waals surface area contributed by atoms with E-state index in [4.69, 9.17) is 0 Å². The average Bonchev–Trinajstić information content (AvgIpc) is 2.95. The van der Waals surface area contributed by atoms with E-state index in [-0.39, 0.29) is 30.8 Å². The van der Waals surface area contributed by atoms with Crippen molar-refractivity contribution < 1.29 is 9.59 Å². The Hall–Kier alpha value is -1.11. The van der Waals surface area contributed by atoms with E-state index in [0.717, 1.165) is 43.0 Å². The monoisotopic (exact) mass is 331 g/mol. The first-order valence-electron chi connectivity index (χ1n) is 6.93. The lowest BCUT2D eigenvalue weighted by Crippen LogP contribution is -2.49. The molecule has 0 radical (unpaired) electrons. The van der Waals surface area contributed by atoms with Crippen LogP contribution < -0.4 is 5.32 Å². The molecule has 0 atom stereocenters. The Morgan fingerprint density at radius 1 is 1.38 bits per heavy atom. The van der Waals surface area contributed by atoms with Crippen LogP contribution in [0.2, 0.25) is 0 Å². The van der Waals surface area contributed by atoms with Gasteiger partial charge in [0, 0.05) is 33.2 Å². The zero-order valence-corrected chi connectivity index (χ0v) is 14.1. The molecule has 1 aliphatic rings. The Kier molecular flexibility index (Phi) is 7.14. The van der Waals surface area contributed by atoms with Crippen molar-refractivity contribution in [3.8, 4) is 0 Å². The molecule has 118 valence electrons. The van der Waals surface area contributed by atoms with Gasteiger partial charge in [-0.15, -0.1) is 23.7 Å². The van der Waals surface area contributed by atoms with Crippen molar-refractivity contribution in [2.24, 2.45) is 0 Å². The lowest BCUT2D eigenvalue weighted by Gasteiger charge is -2.29. The molecule has 1 fully saturated rings. The highest BCUT2D eigenvalue weighted by atomic mass is 35.5. The summed E-state index contributed by atoms with van der Waals surface area (Å²) in [7, 11) is 1.70. The maximum atomic E-state index is 12.4. The summed E-state index contributed by atoms with van der Waals surface area (Å²) in [5.41, 5.74) is 1.06. The number of amides is 2. The molecular formula is C14H22ClN3O2S. The summed E-state index contributed by atoms with van der Waals surface area (Å²) in [6.07, 6.45) is 0.837. The van der Waals surface area contributed by atoms with Gasteiger partial charge < -0.3 is 15.1 Å². The van der Waals surface area contributed by atoms with Crippen molar-refractivity contribution in [1.82, 2.24) is 15.1 Å². The zero-order valence-electron chi connectivity index (χ0n) is 12.4. The Morgan fingerprint density at radius 2 is 2.05 bits per heavy atom. The van der Waals surface area contributed by atoms with Crippen molar-refractivity contribution in [3.63, 3.8) is 0 Å². The first-order valence-corrected chi connectivity index (χ1v) is 7.81. The van der Waals surface area contributed by atoms with E-state index in [1.165, 1.54) is 16.2 Å². The quantitative estimate of drug-likeness (QED) is 0.903. The van der Waals surface area contributed by atoms with Crippen molar-refractivity contribution in [2.45, 2.75) is 13.3 Å². The molecule has 0 aliphatic carbocycles. The van der Waals surface area contributed by atoms with Gasteiger partial charge in [-0.25, -0.2) is 0 Å². The lowest BCUT2D eigenvalue weighted by molar-refractivity contribution is -0.132. The molecule has 2 amide bonds. The third kappa shape index (κ3) is 4.43. The number of rotatable bonds is 4. The van der Waals surface area contributed by atoms with Crippen LogP contribution in [0.3, 0.4) is 0 Å². The number of hydrogen-bond donors (Lipinski definition) is 1. The smallest absolute Gasteiger partial charge is 0.264 e. The maximum absolute atomic E-state index is 12.4. The number of carbonyl (C=O) groups is 2. The van der Waals surface area contributed by atoms with E-state index >= 15 is 0 Å². The molecule has 0 unspecified atom stereocenters. The van der Waals surface area contributed by atoms with Crippen LogP contribution in [0.15, 0.2) is 11.4 Å². The third-order valence-electron chi connectivity index (χ3n) is 3.51. The molecule has 0 bridgehead atoms. The standard InChI is InChI=1S/C14H21N3O2S.ClH/c1-3-11-4-9-20-13(11)14(19)16(2)10-12(18)17-7-5-15-6-8-17;/h4,9,15H,3,5-8,10H2,1-2H3;1H. The van der Waals surface area contributed by atoms with E-state index in [9.17, 15) is 9.59 Å². The third-order valence-corrected chi connectivity index (χ3v) is 4.46. The highest BCUT2D eigenvalue weighted by molar-refractivity contribution is 7.12. The molecular weight excluding hydrogens is 310 g/mol. The van der Waals surface area contributed by atoms with Gasteiger partial charge in [-0.2, -0.15) is 0 Å². The SMILES string of the molecule is CCc1ccsc1C(=O)N(C)CC(=O)N1CCNCC1.Cl. The molecule has 5 nitrogen and oxygen atoms in total. The number of piperazine rings is 1. The first kappa shape index (κ1) is 17.9. The fourth-order valence-electron chi connectivity index (χ4n) is 2.26. The summed E-state index contributed by atoms with van der Waals surface area (Å²) in [6, 6.07) is 1.98. The predicted molar refractivity (Wildman–Crippen MR) is 87.4 cm³/mol. The second-order valence-electron chi connectivity index (χ2n) is 4.92. The Bertz CT molecular complexity index is 486. The van der Waals surface area contributed by atoms with Crippen LogP contribution in [0.5, 0.6) is 0 Å². The molecule has 0 aromatic carbocycles. The van der Waals surface area contributed by atoms with Crippen LogP contribution in [-0.2, 0) is 11.2 Å². The van der Waals surface area contributed by atoms with Gasteiger partial charge in [0.05, 0.1) is 11.4 Å². The topological polar surface area (TPSA) is 52.7 Å². The number of aryl methyl sites for hydroxylation is 1. The predicted octanol–water partition coefficient (Wildman–Crippen LogP) is 1.24. The summed E-state index contributed by atoms with van der Waals surface area (Å²) in [4.78, 5) is 28.6. The minimum Gasteiger partial charge on any atom is -0.339 e. The van der Waals surface area contributed by atoms with Crippen LogP contribution in [0, 0.1) is 0 Å². The molecule has 0 saturated carbocycles. The summed E-state index contributed by atoms with van der Waals surface area (Å²) in [6.45, 7) is 5.29. The highest BCUT2D eigenvalue weighted by Crippen LogP contribution is 2.19. The van der Waals surface area contributed by atoms with Crippen molar-refractivity contribution in [1.29, 1.82) is 0 Å². The van der Waals surface area contributed by atoms with Crippen LogP contribution >= 0.6 is 23.7 Å². The summed E-state index contributed by atoms with van der Waals surface area (Å²) in [5, 5.41) is 5.14. The van der Waals surface area contributed by atoms with Gasteiger partial charge >= 0.3 is 0 Å². The summed E-state index contributed by atoms with van der Waals surface area (Å²) in [5.74, 6) is -0.0303. The number of nitrogens with one attached hydrogen (secondary N) is 1. The van der Waals surface area contributed by atoms with Gasteiger partial charge in [0.25, 0.3) is 5.91 Å². The average molecular weight is 332 g/mol. The van der Waals surface area contributed by atoms with Gasteiger partial charge in [-0.05, 0) is 23.4 Å². The summed E-state index contributed by atoms with van der Waals surface area (Å²) >= 11 is 1.45. The number of likely N-dealkylation sites (N-methyl/N-ethyl adjacent to an activating group) is 1. The Morgan fingerprint density at radius 3 is 2.67 bits per heavy atom. The molecule has 7 heteroatoms. The molecule has 1 N–H and O–H groups in total. The van der Waals surface area contributed by atoms with E-state index in [2.05, 4.69) is 5.32 Å². The molecule has 1 aromatic heterocycles. The molecule has 21 heavy (non-hydrogen) atoms. The second kappa shape index (κ2) is 8.36. The molecule has 0 spiro atoms. The van der Waals surface area contributed by atoms with Gasteiger partial charge in [0.15, 0.2) is 0 Å². The lowest BCUT2D eigenvalue weighted by atomic mass is 10.2. The van der Waals surface area contributed by atoms with Gasteiger partial charge in [-0.3, -0.25) is 9.59 Å². The molecule has 1 saturated heterocycles. The van der Waals surface area contributed by atoms with Crippen molar-refractivity contribution in [2.75, 3.05) is 39.8 Å². The second-order valence-corrected chi connectivity index (χ2v) is 5.84. The fourth-order valence-corrected chi connectivity index (χ4v) is 3.25. The number of carbonyl (C=O) groups excluding carboxylic acids is 2. The van der Waals surface area contributed by atoms with Crippen LogP contribution in [0.25, 0.3) is 0 Å². The number of nitrogens with zero attached hydrogens (tertiary/aromatic N) is 2. The zero-order chi connectivity index (χ0) is 14.5. The van der Waals surface area contributed by atoms with E-state index in [1.54, 1.807) is 7.05 Å². The minimum atomic E-state index is -0.0552. The molecule has 2 rings (SSSR count). The van der Waals surface area contributed by atoms with Crippen molar-refractivity contribution >= 4 is 35.6 Å². The van der Waals surface area contributed by atoms with Gasteiger partial charge in [0.1, 0.15) is 0 Å². The number of halogens is 1. The first-order chi connectivity index (χ1) is 9.63. The Labute approximate surface area is 135 Å². The normalized spacial score (nSPS) is 14.5. The largest absolute Gasteiger partial charge is 0.339 e. The van der Waals surface area contributed by atoms with Gasteiger partial charge in [-0.1, -0.05) is 6.92 Å². The maximum Gasteiger partial charge on any atom is 0.264 e. The number of thiophene rings is 1. The van der Waals surface area contributed by atoms with Gasteiger partial charge in [0.2, 0.25) is 5.91 Å². The van der Waals surface area contributed by atoms with Crippen LogP contribution in [0.4, 0.5) is 0 Å². The Balaban J connectivity index is 0.00000220. The fraction of sp³-hybridized carbons (Fsp3) is 0.571. The highest BCUT2D eigenvalue weighted by Gasteiger charge is 2.22. The van der Waals surface area contributed by atoms with E-state index in [0.29, 0.717) is 0 Å². The van der Waals surface area contributed by atoms with Crippen LogP contribution in [0.1, 0.15) is 22.2 Å². The van der Waals surface area contributed by atoms with Crippen molar-refractivity contribution in [3.05, 3.63) is 21.9 Å². The summed E-state index contributed by atoms with van der Waals surface area (Å²) < 4.78 is 0. The van der Waals surface area contributed by atoms with Crippen LogP contribution in [-0.4, -0.2) is 61.4 Å². The van der Waals surface area contributed by atoms with E-state index in [1.807, 2.05) is 23.3 Å². The minimum absolute atomic E-state index is 0.